The van der Waals surface area contributed by atoms with Crippen LogP contribution in [0.25, 0.3) is 0 Å². The molecule has 0 radical (unpaired) electrons. The molecule has 0 bridgehead atoms. The maximum atomic E-state index is 13.3. The van der Waals surface area contributed by atoms with Crippen molar-refractivity contribution in [3.05, 3.63) is 63.9 Å². The molecule has 3 nitrogen and oxygen atoms in total. The van der Waals surface area contributed by atoms with Crippen molar-refractivity contribution in [1.29, 1.82) is 5.26 Å². The molecular formula is C15H11ClFNO2. The van der Waals surface area contributed by atoms with E-state index in [1.165, 1.54) is 6.07 Å². The maximum Gasteiger partial charge on any atom is 0.125 e. The average molecular weight is 292 g/mol. The third-order valence-electron chi connectivity index (χ3n) is 2.67. The smallest absolute Gasteiger partial charge is 0.125 e. The Kier molecular flexibility index (Phi) is 4.57. The van der Waals surface area contributed by atoms with Crippen LogP contribution in [-0.4, -0.2) is 5.11 Å². The predicted octanol–water partition coefficient (Wildman–Crippen LogP) is 3.42. The zero-order valence-electron chi connectivity index (χ0n) is 10.4. The number of nitriles is 1. The molecule has 2 aromatic carbocycles. The number of aliphatic hydroxyl groups is 1. The van der Waals surface area contributed by atoms with Gasteiger partial charge in [-0.05, 0) is 42.0 Å². The fourth-order valence-corrected chi connectivity index (χ4v) is 1.97. The van der Waals surface area contributed by atoms with Gasteiger partial charge in [0.15, 0.2) is 0 Å². The molecule has 0 saturated heterocycles. The first-order valence-corrected chi connectivity index (χ1v) is 6.22. The molecule has 0 aliphatic rings. The summed E-state index contributed by atoms with van der Waals surface area (Å²) in [5, 5.41) is 18.5. The van der Waals surface area contributed by atoms with Gasteiger partial charge in [0.1, 0.15) is 18.2 Å². The summed E-state index contributed by atoms with van der Waals surface area (Å²) in [7, 11) is 0. The summed E-state index contributed by atoms with van der Waals surface area (Å²) in [6, 6.07) is 10.8. The van der Waals surface area contributed by atoms with Gasteiger partial charge in [0, 0.05) is 10.6 Å². The number of ether oxygens (including phenoxy) is 1. The number of hydrogen-bond donors (Lipinski definition) is 1. The molecule has 5 heteroatoms. The van der Waals surface area contributed by atoms with Crippen LogP contribution in [0.1, 0.15) is 16.7 Å². The van der Waals surface area contributed by atoms with E-state index in [-0.39, 0.29) is 18.8 Å². The van der Waals surface area contributed by atoms with E-state index in [9.17, 15) is 9.50 Å². The van der Waals surface area contributed by atoms with Crippen LogP contribution < -0.4 is 4.74 Å². The Hall–Kier alpha value is -2.09. The van der Waals surface area contributed by atoms with Crippen LogP contribution in [0.4, 0.5) is 4.39 Å². The van der Waals surface area contributed by atoms with Crippen molar-refractivity contribution in [1.82, 2.24) is 0 Å². The van der Waals surface area contributed by atoms with Gasteiger partial charge in [0.05, 0.1) is 18.2 Å². The molecule has 0 aliphatic carbocycles. The number of halogens is 2. The molecule has 0 heterocycles. The van der Waals surface area contributed by atoms with Gasteiger partial charge < -0.3 is 9.84 Å². The third-order valence-corrected chi connectivity index (χ3v) is 2.91. The summed E-state index contributed by atoms with van der Waals surface area (Å²) in [5.74, 6) is -0.0131. The number of benzene rings is 2. The lowest BCUT2D eigenvalue weighted by molar-refractivity contribution is 0.259. The topological polar surface area (TPSA) is 53.2 Å². The molecule has 2 aromatic rings. The monoisotopic (exact) mass is 291 g/mol. The Morgan fingerprint density at radius 1 is 1.25 bits per heavy atom. The van der Waals surface area contributed by atoms with Crippen molar-refractivity contribution in [2.75, 3.05) is 0 Å². The molecule has 102 valence electrons. The van der Waals surface area contributed by atoms with Gasteiger partial charge in [0.2, 0.25) is 0 Å². The summed E-state index contributed by atoms with van der Waals surface area (Å²) in [4.78, 5) is 0. The summed E-state index contributed by atoms with van der Waals surface area (Å²) in [6.07, 6.45) is 0. The first-order chi connectivity index (χ1) is 9.62. The molecule has 0 saturated carbocycles. The highest BCUT2D eigenvalue weighted by Gasteiger charge is 2.06. The molecule has 2 rings (SSSR count). The van der Waals surface area contributed by atoms with Crippen LogP contribution in [0.3, 0.4) is 0 Å². The molecule has 1 N–H and O–H groups in total. The van der Waals surface area contributed by atoms with Crippen LogP contribution in [0, 0.1) is 17.1 Å². The van der Waals surface area contributed by atoms with Crippen LogP contribution in [0.2, 0.25) is 5.02 Å². The minimum Gasteiger partial charge on any atom is -0.489 e. The lowest BCUT2D eigenvalue weighted by Crippen LogP contribution is -2.00. The van der Waals surface area contributed by atoms with Crippen molar-refractivity contribution in [3.8, 4) is 11.8 Å². The van der Waals surface area contributed by atoms with E-state index in [1.54, 1.807) is 24.3 Å². The number of rotatable bonds is 4. The molecular weight excluding hydrogens is 281 g/mol. The van der Waals surface area contributed by atoms with Crippen molar-refractivity contribution >= 4 is 11.6 Å². The van der Waals surface area contributed by atoms with Gasteiger partial charge in [-0.15, -0.1) is 0 Å². The minimum atomic E-state index is -0.485. The highest BCUT2D eigenvalue weighted by Crippen LogP contribution is 2.24. The van der Waals surface area contributed by atoms with Crippen molar-refractivity contribution < 1.29 is 14.2 Å². The van der Waals surface area contributed by atoms with Crippen LogP contribution >= 0.6 is 11.6 Å². The second-order valence-corrected chi connectivity index (χ2v) is 4.60. The van der Waals surface area contributed by atoms with Crippen LogP contribution in [0.15, 0.2) is 36.4 Å². The second kappa shape index (κ2) is 6.38. The average Bonchev–Trinajstić information content (AvgIpc) is 2.45. The first kappa shape index (κ1) is 14.3. The number of hydrogen-bond acceptors (Lipinski definition) is 3. The normalized spacial score (nSPS) is 10.1. The molecule has 20 heavy (non-hydrogen) atoms. The Balaban J connectivity index is 2.17. The van der Waals surface area contributed by atoms with Crippen molar-refractivity contribution in [3.63, 3.8) is 0 Å². The van der Waals surface area contributed by atoms with Gasteiger partial charge in [-0.3, -0.25) is 0 Å². The van der Waals surface area contributed by atoms with Gasteiger partial charge in [-0.25, -0.2) is 4.39 Å². The van der Waals surface area contributed by atoms with E-state index in [0.29, 0.717) is 21.9 Å². The molecule has 0 unspecified atom stereocenters. The van der Waals surface area contributed by atoms with Crippen molar-refractivity contribution in [2.24, 2.45) is 0 Å². The summed E-state index contributed by atoms with van der Waals surface area (Å²) in [6.45, 7) is -0.108. The Labute approximate surface area is 120 Å². The van der Waals surface area contributed by atoms with E-state index in [1.807, 2.05) is 6.07 Å². The summed E-state index contributed by atoms with van der Waals surface area (Å²) < 4.78 is 18.8. The Morgan fingerprint density at radius 2 is 2.05 bits per heavy atom. The molecule has 0 amide bonds. The maximum absolute atomic E-state index is 13.3. The molecule has 0 spiro atoms. The first-order valence-electron chi connectivity index (χ1n) is 5.84. The largest absolute Gasteiger partial charge is 0.489 e. The standard InChI is InChI=1S/C15H11ClFNO2/c16-13-1-2-15(12(6-13)8-19)20-9-11-3-10(7-18)4-14(17)5-11/h1-6,19H,8-9H2. The van der Waals surface area contributed by atoms with E-state index in [2.05, 4.69) is 0 Å². The highest BCUT2D eigenvalue weighted by molar-refractivity contribution is 6.30. The van der Waals surface area contributed by atoms with Crippen LogP contribution in [0.5, 0.6) is 5.75 Å². The zero-order valence-corrected chi connectivity index (χ0v) is 11.2. The lowest BCUT2D eigenvalue weighted by atomic mass is 10.1. The lowest BCUT2D eigenvalue weighted by Gasteiger charge is -2.10. The fraction of sp³-hybridized carbons (Fsp3) is 0.133. The molecule has 0 fully saturated rings. The predicted molar refractivity (Wildman–Crippen MR) is 72.8 cm³/mol. The zero-order chi connectivity index (χ0) is 14.5. The van der Waals surface area contributed by atoms with Crippen LogP contribution in [-0.2, 0) is 13.2 Å². The summed E-state index contributed by atoms with van der Waals surface area (Å²) >= 11 is 5.82. The third kappa shape index (κ3) is 3.47. The summed E-state index contributed by atoms with van der Waals surface area (Å²) in [5.41, 5.74) is 1.33. The number of nitrogens with zero attached hydrogens (tertiary/aromatic N) is 1. The Morgan fingerprint density at radius 3 is 2.75 bits per heavy atom. The SMILES string of the molecule is N#Cc1cc(F)cc(COc2ccc(Cl)cc2CO)c1. The quantitative estimate of drug-likeness (QED) is 0.939. The van der Waals surface area contributed by atoms with E-state index >= 15 is 0 Å². The second-order valence-electron chi connectivity index (χ2n) is 4.16. The fourth-order valence-electron chi connectivity index (χ4n) is 1.77. The van der Waals surface area contributed by atoms with Gasteiger partial charge in [-0.2, -0.15) is 5.26 Å². The highest BCUT2D eigenvalue weighted by atomic mass is 35.5. The number of aliphatic hydroxyl groups excluding tert-OH is 1. The van der Waals surface area contributed by atoms with E-state index < -0.39 is 5.82 Å². The van der Waals surface area contributed by atoms with Gasteiger partial charge in [0.25, 0.3) is 0 Å². The van der Waals surface area contributed by atoms with Crippen molar-refractivity contribution in [2.45, 2.75) is 13.2 Å². The van der Waals surface area contributed by atoms with E-state index in [0.717, 1.165) is 6.07 Å². The molecule has 0 aromatic heterocycles. The van der Waals surface area contributed by atoms with Gasteiger partial charge >= 0.3 is 0 Å². The van der Waals surface area contributed by atoms with Gasteiger partial charge in [-0.1, -0.05) is 11.6 Å². The Bertz CT molecular complexity index is 667. The van der Waals surface area contributed by atoms with E-state index in [4.69, 9.17) is 21.6 Å². The molecule has 0 aliphatic heterocycles. The minimum absolute atomic E-state index is 0.0983. The molecule has 0 atom stereocenters.